The predicted octanol–water partition coefficient (Wildman–Crippen LogP) is 1.09. The molecule has 100 valence electrons. The van der Waals surface area contributed by atoms with E-state index in [0.717, 1.165) is 25.7 Å². The SMILES string of the molecule is CN(CC(C)(C)CN)C(=O)C1(N)CCCCC1. The summed E-state index contributed by atoms with van der Waals surface area (Å²) < 4.78 is 0. The lowest BCUT2D eigenvalue weighted by Crippen LogP contribution is -2.57. The van der Waals surface area contributed by atoms with E-state index in [2.05, 4.69) is 13.8 Å². The van der Waals surface area contributed by atoms with Gasteiger partial charge in [0.2, 0.25) is 5.91 Å². The van der Waals surface area contributed by atoms with Crippen molar-refractivity contribution >= 4 is 5.91 Å². The van der Waals surface area contributed by atoms with E-state index < -0.39 is 5.54 Å². The monoisotopic (exact) mass is 241 g/mol. The van der Waals surface area contributed by atoms with Crippen molar-refractivity contribution < 1.29 is 4.79 Å². The Balaban J connectivity index is 2.62. The van der Waals surface area contributed by atoms with Crippen LogP contribution in [0.25, 0.3) is 0 Å². The topological polar surface area (TPSA) is 72.3 Å². The minimum absolute atomic E-state index is 0.0462. The highest BCUT2D eigenvalue weighted by atomic mass is 16.2. The highest BCUT2D eigenvalue weighted by Gasteiger charge is 2.38. The van der Waals surface area contributed by atoms with Crippen LogP contribution in [-0.2, 0) is 4.79 Å². The Morgan fingerprint density at radius 1 is 1.29 bits per heavy atom. The molecular formula is C13H27N3O. The summed E-state index contributed by atoms with van der Waals surface area (Å²) in [4.78, 5) is 14.1. The van der Waals surface area contributed by atoms with Gasteiger partial charge >= 0.3 is 0 Å². The standard InChI is InChI=1S/C13H27N3O/c1-12(2,9-14)10-16(3)11(17)13(15)7-5-4-6-8-13/h4-10,14-15H2,1-3H3. The van der Waals surface area contributed by atoms with Crippen LogP contribution in [0, 0.1) is 5.41 Å². The fourth-order valence-corrected chi connectivity index (χ4v) is 2.56. The van der Waals surface area contributed by atoms with Crippen LogP contribution in [0.5, 0.6) is 0 Å². The third kappa shape index (κ3) is 3.68. The molecule has 1 aliphatic carbocycles. The molecule has 0 atom stereocenters. The Morgan fingerprint density at radius 2 is 1.82 bits per heavy atom. The Kier molecular flexibility index (Phi) is 4.55. The van der Waals surface area contributed by atoms with Gasteiger partial charge in [0.1, 0.15) is 0 Å². The molecule has 0 aromatic carbocycles. The molecule has 0 radical (unpaired) electrons. The van der Waals surface area contributed by atoms with Crippen LogP contribution in [0.1, 0.15) is 46.0 Å². The third-order valence-electron chi connectivity index (χ3n) is 3.74. The van der Waals surface area contributed by atoms with Gasteiger partial charge in [0.15, 0.2) is 0 Å². The third-order valence-corrected chi connectivity index (χ3v) is 3.74. The number of hydrogen-bond donors (Lipinski definition) is 2. The second kappa shape index (κ2) is 5.36. The first-order chi connectivity index (χ1) is 7.81. The van der Waals surface area contributed by atoms with Gasteiger partial charge < -0.3 is 16.4 Å². The summed E-state index contributed by atoms with van der Waals surface area (Å²) in [7, 11) is 1.84. The average Bonchev–Trinajstić information content (AvgIpc) is 2.28. The molecule has 4 heteroatoms. The van der Waals surface area contributed by atoms with Gasteiger partial charge in [-0.15, -0.1) is 0 Å². The first-order valence-corrected chi connectivity index (χ1v) is 6.55. The molecule has 4 nitrogen and oxygen atoms in total. The zero-order valence-corrected chi connectivity index (χ0v) is 11.5. The van der Waals surface area contributed by atoms with Gasteiger partial charge in [-0.25, -0.2) is 0 Å². The van der Waals surface area contributed by atoms with E-state index >= 15 is 0 Å². The van der Waals surface area contributed by atoms with E-state index in [1.807, 2.05) is 7.05 Å². The number of likely N-dealkylation sites (N-methyl/N-ethyl adjacent to an activating group) is 1. The van der Waals surface area contributed by atoms with Gasteiger partial charge in [-0.3, -0.25) is 4.79 Å². The molecule has 1 saturated carbocycles. The van der Waals surface area contributed by atoms with Crippen LogP contribution in [0.2, 0.25) is 0 Å². The molecule has 1 fully saturated rings. The van der Waals surface area contributed by atoms with Gasteiger partial charge in [-0.1, -0.05) is 33.1 Å². The van der Waals surface area contributed by atoms with Gasteiger partial charge in [0.05, 0.1) is 5.54 Å². The molecule has 0 heterocycles. The maximum absolute atomic E-state index is 12.4. The summed E-state index contributed by atoms with van der Waals surface area (Å²) in [5.74, 6) is 0.0822. The summed E-state index contributed by atoms with van der Waals surface area (Å²) in [6.07, 6.45) is 4.97. The summed E-state index contributed by atoms with van der Waals surface area (Å²) in [5.41, 5.74) is 11.3. The summed E-state index contributed by atoms with van der Waals surface area (Å²) in [5, 5.41) is 0. The number of nitrogens with zero attached hydrogens (tertiary/aromatic N) is 1. The van der Waals surface area contributed by atoms with Crippen LogP contribution < -0.4 is 11.5 Å². The molecule has 0 spiro atoms. The van der Waals surface area contributed by atoms with Gasteiger partial charge in [-0.05, 0) is 24.8 Å². The number of nitrogens with two attached hydrogens (primary N) is 2. The Morgan fingerprint density at radius 3 is 2.29 bits per heavy atom. The number of hydrogen-bond acceptors (Lipinski definition) is 3. The Hall–Kier alpha value is -0.610. The molecule has 1 amide bonds. The Labute approximate surface area is 105 Å². The van der Waals surface area contributed by atoms with Gasteiger partial charge in [0.25, 0.3) is 0 Å². The van der Waals surface area contributed by atoms with Crippen LogP contribution in [0.15, 0.2) is 0 Å². The fraction of sp³-hybridized carbons (Fsp3) is 0.923. The lowest BCUT2D eigenvalue weighted by Gasteiger charge is -2.38. The first-order valence-electron chi connectivity index (χ1n) is 6.55. The van der Waals surface area contributed by atoms with Crippen LogP contribution in [-0.4, -0.2) is 36.5 Å². The van der Waals surface area contributed by atoms with Gasteiger partial charge in [0, 0.05) is 13.6 Å². The molecule has 4 N–H and O–H groups in total. The zero-order chi connectivity index (χ0) is 13.1. The highest BCUT2D eigenvalue weighted by molar-refractivity contribution is 5.86. The van der Waals surface area contributed by atoms with E-state index in [4.69, 9.17) is 11.5 Å². The van der Waals surface area contributed by atoms with Crippen molar-refractivity contribution in [2.75, 3.05) is 20.1 Å². The van der Waals surface area contributed by atoms with Crippen molar-refractivity contribution in [3.63, 3.8) is 0 Å². The molecule has 1 rings (SSSR count). The summed E-state index contributed by atoms with van der Waals surface area (Å²) >= 11 is 0. The number of carbonyl (C=O) groups is 1. The van der Waals surface area contributed by atoms with E-state index in [0.29, 0.717) is 13.1 Å². The molecule has 0 saturated heterocycles. The zero-order valence-electron chi connectivity index (χ0n) is 11.5. The van der Waals surface area contributed by atoms with Crippen molar-refractivity contribution in [1.29, 1.82) is 0 Å². The maximum Gasteiger partial charge on any atom is 0.242 e. The average molecular weight is 241 g/mol. The van der Waals surface area contributed by atoms with Gasteiger partial charge in [-0.2, -0.15) is 0 Å². The molecule has 0 aromatic heterocycles. The lowest BCUT2D eigenvalue weighted by atomic mass is 9.81. The number of rotatable bonds is 4. The molecular weight excluding hydrogens is 214 g/mol. The molecule has 0 aromatic rings. The van der Waals surface area contributed by atoms with E-state index in [-0.39, 0.29) is 11.3 Å². The molecule has 1 aliphatic rings. The van der Waals surface area contributed by atoms with Crippen LogP contribution in [0.4, 0.5) is 0 Å². The van der Waals surface area contributed by atoms with E-state index in [1.54, 1.807) is 4.90 Å². The predicted molar refractivity (Wildman–Crippen MR) is 70.5 cm³/mol. The molecule has 0 bridgehead atoms. The van der Waals surface area contributed by atoms with E-state index in [1.165, 1.54) is 6.42 Å². The molecule has 0 unspecified atom stereocenters. The normalized spacial score (nSPS) is 20.1. The largest absolute Gasteiger partial charge is 0.344 e. The fourth-order valence-electron chi connectivity index (χ4n) is 2.56. The number of carbonyl (C=O) groups excluding carboxylic acids is 1. The van der Waals surface area contributed by atoms with E-state index in [9.17, 15) is 4.79 Å². The van der Waals surface area contributed by atoms with Crippen molar-refractivity contribution in [2.45, 2.75) is 51.5 Å². The second-order valence-electron chi connectivity index (χ2n) is 6.25. The minimum atomic E-state index is -0.627. The van der Waals surface area contributed by atoms with Crippen molar-refractivity contribution in [3.05, 3.63) is 0 Å². The first kappa shape index (κ1) is 14.5. The molecule has 17 heavy (non-hydrogen) atoms. The quantitative estimate of drug-likeness (QED) is 0.774. The summed E-state index contributed by atoms with van der Waals surface area (Å²) in [6.45, 7) is 5.38. The van der Waals surface area contributed by atoms with Crippen molar-refractivity contribution in [2.24, 2.45) is 16.9 Å². The second-order valence-corrected chi connectivity index (χ2v) is 6.25. The minimum Gasteiger partial charge on any atom is -0.344 e. The van der Waals surface area contributed by atoms with Crippen LogP contribution in [0.3, 0.4) is 0 Å². The van der Waals surface area contributed by atoms with Crippen molar-refractivity contribution in [1.82, 2.24) is 4.90 Å². The maximum atomic E-state index is 12.4. The molecule has 0 aliphatic heterocycles. The summed E-state index contributed by atoms with van der Waals surface area (Å²) in [6, 6.07) is 0. The highest BCUT2D eigenvalue weighted by Crippen LogP contribution is 2.28. The Bertz CT molecular complexity index is 270. The number of amides is 1. The lowest BCUT2D eigenvalue weighted by molar-refractivity contribution is -0.138. The smallest absolute Gasteiger partial charge is 0.242 e. The van der Waals surface area contributed by atoms with Crippen LogP contribution >= 0.6 is 0 Å². The van der Waals surface area contributed by atoms with Crippen molar-refractivity contribution in [3.8, 4) is 0 Å².